The Hall–Kier alpha value is -3.80. The smallest absolute Gasteiger partial charge is 0.225 e. The number of piperidine rings is 1. The molecule has 33 heavy (non-hydrogen) atoms. The van der Waals surface area contributed by atoms with E-state index in [-0.39, 0.29) is 0 Å². The largest absolute Gasteiger partial charge is 0.497 e. The summed E-state index contributed by atoms with van der Waals surface area (Å²) < 4.78 is 5.38. The first kappa shape index (κ1) is 21.1. The number of anilines is 3. The van der Waals surface area contributed by atoms with Crippen molar-refractivity contribution in [2.75, 3.05) is 35.7 Å². The first-order chi connectivity index (χ1) is 16.3. The van der Waals surface area contributed by atoms with Gasteiger partial charge in [0.1, 0.15) is 11.6 Å². The molecule has 3 aromatic carbocycles. The van der Waals surface area contributed by atoms with Gasteiger partial charge in [0.2, 0.25) is 5.95 Å². The molecule has 2 heterocycles. The van der Waals surface area contributed by atoms with Gasteiger partial charge < -0.3 is 20.3 Å². The molecule has 5 rings (SSSR count). The Kier molecular flexibility index (Phi) is 6.24. The first-order valence-corrected chi connectivity index (χ1v) is 11.5. The summed E-state index contributed by atoms with van der Waals surface area (Å²) in [5.74, 6) is 2.44. The summed E-state index contributed by atoms with van der Waals surface area (Å²) in [6.45, 7) is 2.69. The normalized spacial score (nSPS) is 14.3. The van der Waals surface area contributed by atoms with Crippen LogP contribution >= 0.6 is 0 Å². The predicted octanol–water partition coefficient (Wildman–Crippen LogP) is 5.33. The number of fused-ring (bicyclic) bond motifs is 1. The van der Waals surface area contributed by atoms with E-state index < -0.39 is 0 Å². The lowest BCUT2D eigenvalue weighted by Gasteiger charge is -2.34. The molecule has 0 radical (unpaired) electrons. The van der Waals surface area contributed by atoms with E-state index in [0.717, 1.165) is 54.9 Å². The van der Waals surface area contributed by atoms with E-state index in [1.54, 1.807) is 7.11 Å². The Labute approximate surface area is 194 Å². The second-order valence-electron chi connectivity index (χ2n) is 8.36. The molecule has 6 heteroatoms. The molecule has 1 saturated heterocycles. The fourth-order valence-corrected chi connectivity index (χ4v) is 4.33. The quantitative estimate of drug-likeness (QED) is 0.406. The maximum Gasteiger partial charge on any atom is 0.225 e. The molecule has 0 saturated carbocycles. The zero-order valence-electron chi connectivity index (χ0n) is 18.9. The third-order valence-electron chi connectivity index (χ3n) is 6.15. The van der Waals surface area contributed by atoms with Gasteiger partial charge in [0, 0.05) is 42.8 Å². The van der Waals surface area contributed by atoms with Crippen LogP contribution in [-0.2, 0) is 6.54 Å². The second kappa shape index (κ2) is 9.77. The van der Waals surface area contributed by atoms with Crippen molar-refractivity contribution in [3.8, 4) is 5.75 Å². The van der Waals surface area contributed by atoms with Crippen LogP contribution in [-0.4, -0.2) is 36.2 Å². The summed E-state index contributed by atoms with van der Waals surface area (Å²) in [7, 11) is 1.71. The van der Waals surface area contributed by atoms with Gasteiger partial charge in [-0.2, -0.15) is 4.98 Å². The van der Waals surface area contributed by atoms with Gasteiger partial charge in [-0.25, -0.2) is 4.98 Å². The lowest BCUT2D eigenvalue weighted by molar-refractivity contribution is 0.414. The summed E-state index contributed by atoms with van der Waals surface area (Å²) >= 11 is 0. The molecular formula is C27H29N5O. The fourth-order valence-electron chi connectivity index (χ4n) is 4.33. The summed E-state index contributed by atoms with van der Waals surface area (Å²) in [6, 6.07) is 27.2. The van der Waals surface area contributed by atoms with Crippen molar-refractivity contribution in [3.05, 3.63) is 84.4 Å². The van der Waals surface area contributed by atoms with Crippen molar-refractivity contribution < 1.29 is 4.74 Å². The van der Waals surface area contributed by atoms with Crippen LogP contribution in [0.1, 0.15) is 18.4 Å². The molecule has 1 fully saturated rings. The monoisotopic (exact) mass is 439 g/mol. The highest BCUT2D eigenvalue weighted by Crippen LogP contribution is 2.26. The van der Waals surface area contributed by atoms with Crippen molar-refractivity contribution >= 4 is 28.4 Å². The van der Waals surface area contributed by atoms with Crippen LogP contribution in [0.4, 0.5) is 17.5 Å². The number of ether oxygens (including phenoxy) is 1. The fraction of sp³-hybridized carbons (Fsp3) is 0.259. The highest BCUT2D eigenvalue weighted by molar-refractivity contribution is 5.90. The molecule has 0 spiro atoms. The molecule has 2 N–H and O–H groups in total. The third-order valence-corrected chi connectivity index (χ3v) is 6.15. The Morgan fingerprint density at radius 2 is 1.70 bits per heavy atom. The van der Waals surface area contributed by atoms with Gasteiger partial charge >= 0.3 is 0 Å². The molecule has 0 atom stereocenters. The number of hydrogen-bond acceptors (Lipinski definition) is 6. The molecule has 4 aromatic rings. The van der Waals surface area contributed by atoms with E-state index in [1.165, 1.54) is 11.3 Å². The van der Waals surface area contributed by atoms with Crippen molar-refractivity contribution in [1.82, 2.24) is 9.97 Å². The van der Waals surface area contributed by atoms with Gasteiger partial charge in [0.15, 0.2) is 0 Å². The number of aromatic nitrogens is 2. The molecule has 6 nitrogen and oxygen atoms in total. The van der Waals surface area contributed by atoms with Crippen LogP contribution in [0.5, 0.6) is 5.75 Å². The Morgan fingerprint density at radius 1 is 0.909 bits per heavy atom. The average Bonchev–Trinajstić information content (AvgIpc) is 2.88. The molecule has 0 unspecified atom stereocenters. The minimum atomic E-state index is 0.343. The lowest BCUT2D eigenvalue weighted by atomic mass is 10.0. The van der Waals surface area contributed by atoms with Crippen LogP contribution < -0.4 is 20.3 Å². The van der Waals surface area contributed by atoms with Crippen molar-refractivity contribution in [3.63, 3.8) is 0 Å². The maximum absolute atomic E-state index is 5.38. The van der Waals surface area contributed by atoms with Gasteiger partial charge in [-0.1, -0.05) is 48.5 Å². The minimum absolute atomic E-state index is 0.343. The number of para-hydroxylation sites is 1. The van der Waals surface area contributed by atoms with Crippen LogP contribution in [0.2, 0.25) is 0 Å². The van der Waals surface area contributed by atoms with E-state index in [4.69, 9.17) is 14.7 Å². The highest BCUT2D eigenvalue weighted by atomic mass is 16.5. The number of hydrogen-bond donors (Lipinski definition) is 2. The van der Waals surface area contributed by atoms with E-state index in [2.05, 4.69) is 58.0 Å². The van der Waals surface area contributed by atoms with Gasteiger partial charge in [0.25, 0.3) is 0 Å². The SMILES string of the molecule is COc1cccc(N2CCC(Nc3nc(NCc4ccccc4)c4ccccc4n3)CC2)c1. The number of nitrogens with one attached hydrogen (secondary N) is 2. The van der Waals surface area contributed by atoms with E-state index >= 15 is 0 Å². The van der Waals surface area contributed by atoms with Gasteiger partial charge in [-0.05, 0) is 42.7 Å². The first-order valence-electron chi connectivity index (χ1n) is 11.5. The summed E-state index contributed by atoms with van der Waals surface area (Å²) in [4.78, 5) is 12.1. The minimum Gasteiger partial charge on any atom is -0.497 e. The maximum atomic E-state index is 5.38. The molecule has 1 aromatic heterocycles. The van der Waals surface area contributed by atoms with Gasteiger partial charge in [0.05, 0.1) is 12.6 Å². The van der Waals surface area contributed by atoms with Crippen LogP contribution in [0.25, 0.3) is 10.9 Å². The van der Waals surface area contributed by atoms with Crippen LogP contribution in [0.15, 0.2) is 78.9 Å². The molecular weight excluding hydrogens is 410 g/mol. The summed E-state index contributed by atoms with van der Waals surface area (Å²) in [5.41, 5.74) is 3.38. The lowest BCUT2D eigenvalue weighted by Crippen LogP contribution is -2.39. The predicted molar refractivity (Wildman–Crippen MR) is 135 cm³/mol. The van der Waals surface area contributed by atoms with Crippen molar-refractivity contribution in [2.24, 2.45) is 0 Å². The topological polar surface area (TPSA) is 62.3 Å². The van der Waals surface area contributed by atoms with Gasteiger partial charge in [-0.15, -0.1) is 0 Å². The Balaban J connectivity index is 1.28. The molecule has 168 valence electrons. The summed E-state index contributed by atoms with van der Waals surface area (Å²) in [6.07, 6.45) is 2.06. The second-order valence-corrected chi connectivity index (χ2v) is 8.36. The molecule has 1 aliphatic rings. The Bertz CT molecular complexity index is 1210. The molecule has 0 amide bonds. The van der Waals surface area contributed by atoms with Crippen LogP contribution in [0, 0.1) is 0 Å². The average molecular weight is 440 g/mol. The molecule has 0 aliphatic carbocycles. The highest BCUT2D eigenvalue weighted by Gasteiger charge is 2.21. The number of methoxy groups -OCH3 is 1. The number of nitrogens with zero attached hydrogens (tertiary/aromatic N) is 3. The third kappa shape index (κ3) is 5.00. The van der Waals surface area contributed by atoms with E-state index in [0.29, 0.717) is 12.0 Å². The van der Waals surface area contributed by atoms with Crippen molar-refractivity contribution in [2.45, 2.75) is 25.4 Å². The molecule has 0 bridgehead atoms. The van der Waals surface area contributed by atoms with Crippen molar-refractivity contribution in [1.29, 1.82) is 0 Å². The van der Waals surface area contributed by atoms with E-state index in [1.807, 2.05) is 36.4 Å². The zero-order valence-corrected chi connectivity index (χ0v) is 18.9. The number of benzene rings is 3. The summed E-state index contributed by atoms with van der Waals surface area (Å²) in [5, 5.41) is 8.14. The van der Waals surface area contributed by atoms with Crippen LogP contribution in [0.3, 0.4) is 0 Å². The van der Waals surface area contributed by atoms with Gasteiger partial charge in [-0.3, -0.25) is 0 Å². The zero-order chi connectivity index (χ0) is 22.5. The Morgan fingerprint density at radius 3 is 2.52 bits per heavy atom. The molecule has 1 aliphatic heterocycles. The number of rotatable bonds is 7. The standard InChI is InChI=1S/C27H29N5O/c1-33-23-11-7-10-22(18-23)32-16-14-21(15-17-32)29-27-30-25-13-6-5-12-24(25)26(31-27)28-19-20-8-3-2-4-9-20/h2-13,18,21H,14-17,19H2,1H3,(H2,28,29,30,31). The van der Waals surface area contributed by atoms with E-state index in [9.17, 15) is 0 Å².